The van der Waals surface area contributed by atoms with Crippen LogP contribution < -0.4 is 5.32 Å². The Balaban J connectivity index is 1.87. The van der Waals surface area contributed by atoms with Crippen molar-refractivity contribution in [3.63, 3.8) is 0 Å². The Morgan fingerprint density at radius 1 is 1.47 bits per heavy atom. The Labute approximate surface area is 89.9 Å². The summed E-state index contributed by atoms with van der Waals surface area (Å²) < 4.78 is 12.8. The van der Waals surface area contributed by atoms with E-state index in [0.717, 1.165) is 18.4 Å². The molecule has 1 N–H and O–H groups in total. The van der Waals surface area contributed by atoms with Crippen molar-refractivity contribution in [1.29, 1.82) is 0 Å². The molecule has 0 bridgehead atoms. The molecule has 2 atom stereocenters. The highest BCUT2D eigenvalue weighted by atomic mass is 19.1. The van der Waals surface area contributed by atoms with Gasteiger partial charge in [-0.15, -0.1) is 0 Å². The van der Waals surface area contributed by atoms with Crippen molar-refractivity contribution >= 4 is 5.82 Å². The van der Waals surface area contributed by atoms with Gasteiger partial charge in [0.05, 0.1) is 0 Å². The van der Waals surface area contributed by atoms with Crippen LogP contribution in [0.25, 0.3) is 0 Å². The molecule has 2 rings (SSSR count). The van der Waals surface area contributed by atoms with Gasteiger partial charge in [0.25, 0.3) is 0 Å². The first-order valence-electron chi connectivity index (χ1n) is 5.62. The van der Waals surface area contributed by atoms with Crippen LogP contribution in [-0.4, -0.2) is 11.5 Å². The maximum atomic E-state index is 12.8. The number of nitrogens with zero attached hydrogens (tertiary/aromatic N) is 1. The number of aromatic nitrogens is 1. The van der Waals surface area contributed by atoms with Crippen LogP contribution in [0.3, 0.4) is 0 Å². The molecule has 0 aromatic carbocycles. The second kappa shape index (κ2) is 4.60. The molecule has 0 aliphatic heterocycles. The second-order valence-electron chi connectivity index (χ2n) is 4.39. The first kappa shape index (κ1) is 10.4. The first-order valence-corrected chi connectivity index (χ1v) is 5.62. The van der Waals surface area contributed by atoms with Gasteiger partial charge in [-0.2, -0.15) is 4.39 Å². The molecular weight excluding hydrogens is 191 g/mol. The van der Waals surface area contributed by atoms with Crippen LogP contribution in [0.1, 0.15) is 26.2 Å². The molecule has 1 heterocycles. The van der Waals surface area contributed by atoms with Gasteiger partial charge >= 0.3 is 0 Å². The molecule has 2 unspecified atom stereocenters. The van der Waals surface area contributed by atoms with Crippen molar-refractivity contribution in [3.05, 3.63) is 24.1 Å². The lowest BCUT2D eigenvalue weighted by Crippen LogP contribution is -2.17. The Morgan fingerprint density at radius 3 is 3.00 bits per heavy atom. The summed E-state index contributed by atoms with van der Waals surface area (Å²) in [6.45, 7) is 3.20. The molecule has 0 radical (unpaired) electrons. The number of nitrogens with one attached hydrogen (secondary N) is 1. The van der Waals surface area contributed by atoms with E-state index in [1.165, 1.54) is 25.3 Å². The maximum absolute atomic E-state index is 12.8. The molecule has 3 heteroatoms. The van der Waals surface area contributed by atoms with Crippen molar-refractivity contribution in [2.75, 3.05) is 11.9 Å². The van der Waals surface area contributed by atoms with Crippen LogP contribution >= 0.6 is 0 Å². The minimum atomic E-state index is -0.417. The fourth-order valence-electron chi connectivity index (χ4n) is 2.27. The van der Waals surface area contributed by atoms with E-state index in [1.807, 2.05) is 6.07 Å². The summed E-state index contributed by atoms with van der Waals surface area (Å²) in [7, 11) is 0. The van der Waals surface area contributed by atoms with Gasteiger partial charge in [0.2, 0.25) is 5.95 Å². The zero-order valence-corrected chi connectivity index (χ0v) is 9.04. The van der Waals surface area contributed by atoms with Gasteiger partial charge in [0.1, 0.15) is 5.82 Å². The number of hydrogen-bond acceptors (Lipinski definition) is 2. The van der Waals surface area contributed by atoms with Gasteiger partial charge in [-0.05, 0) is 30.4 Å². The summed E-state index contributed by atoms with van der Waals surface area (Å²) in [5.74, 6) is 1.73. The minimum absolute atomic E-state index is 0.417. The van der Waals surface area contributed by atoms with Gasteiger partial charge in [0.15, 0.2) is 0 Å². The summed E-state index contributed by atoms with van der Waals surface area (Å²) in [6.07, 6.45) is 3.93. The SMILES string of the molecule is CC1CCCC1CNc1cccc(F)n1. The lowest BCUT2D eigenvalue weighted by molar-refractivity contribution is 0.439. The third-order valence-corrected chi connectivity index (χ3v) is 3.30. The van der Waals surface area contributed by atoms with Gasteiger partial charge in [-0.3, -0.25) is 0 Å². The number of hydrogen-bond donors (Lipinski definition) is 1. The Kier molecular flexibility index (Phi) is 3.19. The molecular formula is C12H17FN2. The number of anilines is 1. The molecule has 15 heavy (non-hydrogen) atoms. The first-order chi connectivity index (χ1) is 7.25. The largest absolute Gasteiger partial charge is 0.370 e. The van der Waals surface area contributed by atoms with E-state index in [2.05, 4.69) is 17.2 Å². The normalized spacial score (nSPS) is 25.5. The topological polar surface area (TPSA) is 24.9 Å². The van der Waals surface area contributed by atoms with Crippen LogP contribution in [-0.2, 0) is 0 Å². The second-order valence-corrected chi connectivity index (χ2v) is 4.39. The van der Waals surface area contributed by atoms with E-state index >= 15 is 0 Å². The van der Waals surface area contributed by atoms with Gasteiger partial charge in [-0.25, -0.2) is 4.98 Å². The molecule has 1 aliphatic rings. The highest BCUT2D eigenvalue weighted by Crippen LogP contribution is 2.30. The quantitative estimate of drug-likeness (QED) is 0.772. The lowest BCUT2D eigenvalue weighted by Gasteiger charge is -2.16. The Bertz CT molecular complexity index is 327. The molecule has 0 spiro atoms. The highest BCUT2D eigenvalue weighted by Gasteiger charge is 2.22. The third-order valence-electron chi connectivity index (χ3n) is 3.30. The van der Waals surface area contributed by atoms with Crippen LogP contribution in [0, 0.1) is 17.8 Å². The molecule has 0 amide bonds. The molecule has 82 valence electrons. The summed E-state index contributed by atoms with van der Waals surface area (Å²) in [6, 6.07) is 4.86. The summed E-state index contributed by atoms with van der Waals surface area (Å²) >= 11 is 0. The van der Waals surface area contributed by atoms with E-state index in [9.17, 15) is 4.39 Å². The smallest absolute Gasteiger partial charge is 0.214 e. The molecule has 0 saturated heterocycles. The molecule has 1 aromatic heterocycles. The molecule has 2 nitrogen and oxygen atoms in total. The standard InChI is InChI=1S/C12H17FN2/c1-9-4-2-5-10(9)8-14-12-7-3-6-11(13)15-12/h3,6-7,9-10H,2,4-5,8H2,1H3,(H,14,15). The van der Waals surface area contributed by atoms with E-state index in [0.29, 0.717) is 5.82 Å². The molecule has 1 saturated carbocycles. The summed E-state index contributed by atoms with van der Waals surface area (Å²) in [4.78, 5) is 3.78. The van der Waals surface area contributed by atoms with Crippen LogP contribution in [0.4, 0.5) is 10.2 Å². The predicted octanol–water partition coefficient (Wildman–Crippen LogP) is 3.07. The van der Waals surface area contributed by atoms with Crippen LogP contribution in [0.15, 0.2) is 18.2 Å². The Hall–Kier alpha value is -1.12. The van der Waals surface area contributed by atoms with E-state index in [4.69, 9.17) is 0 Å². The zero-order chi connectivity index (χ0) is 10.7. The van der Waals surface area contributed by atoms with Crippen molar-refractivity contribution in [3.8, 4) is 0 Å². The van der Waals surface area contributed by atoms with Crippen LogP contribution in [0.2, 0.25) is 0 Å². The van der Waals surface area contributed by atoms with Gasteiger partial charge in [-0.1, -0.05) is 25.8 Å². The fourth-order valence-corrected chi connectivity index (χ4v) is 2.27. The lowest BCUT2D eigenvalue weighted by atomic mass is 9.98. The van der Waals surface area contributed by atoms with Gasteiger partial charge < -0.3 is 5.32 Å². The monoisotopic (exact) mass is 208 g/mol. The number of halogens is 1. The Morgan fingerprint density at radius 2 is 2.33 bits per heavy atom. The van der Waals surface area contributed by atoms with Gasteiger partial charge in [0, 0.05) is 6.54 Å². The molecule has 1 aliphatic carbocycles. The number of pyridine rings is 1. The highest BCUT2D eigenvalue weighted by molar-refractivity contribution is 5.33. The van der Waals surface area contributed by atoms with Crippen molar-refractivity contribution in [1.82, 2.24) is 4.98 Å². The minimum Gasteiger partial charge on any atom is -0.370 e. The van der Waals surface area contributed by atoms with E-state index in [-0.39, 0.29) is 0 Å². The average molecular weight is 208 g/mol. The number of rotatable bonds is 3. The fraction of sp³-hybridized carbons (Fsp3) is 0.583. The third kappa shape index (κ3) is 2.67. The van der Waals surface area contributed by atoms with Crippen molar-refractivity contribution in [2.45, 2.75) is 26.2 Å². The van der Waals surface area contributed by atoms with Crippen LogP contribution in [0.5, 0.6) is 0 Å². The van der Waals surface area contributed by atoms with Crippen molar-refractivity contribution in [2.24, 2.45) is 11.8 Å². The van der Waals surface area contributed by atoms with Crippen molar-refractivity contribution < 1.29 is 4.39 Å². The van der Waals surface area contributed by atoms with E-state index < -0.39 is 5.95 Å². The van der Waals surface area contributed by atoms with E-state index in [1.54, 1.807) is 6.07 Å². The summed E-state index contributed by atoms with van der Waals surface area (Å²) in [5, 5.41) is 3.21. The molecule has 1 aromatic rings. The maximum Gasteiger partial charge on any atom is 0.214 e. The average Bonchev–Trinajstić information content (AvgIpc) is 2.61. The predicted molar refractivity (Wildman–Crippen MR) is 59.2 cm³/mol. The molecule has 1 fully saturated rings. The summed E-state index contributed by atoms with van der Waals surface area (Å²) in [5.41, 5.74) is 0. The zero-order valence-electron chi connectivity index (χ0n) is 9.04.